The highest BCUT2D eigenvalue weighted by atomic mass is 35.5. The van der Waals surface area contributed by atoms with Gasteiger partial charge in [-0.15, -0.1) is 0 Å². The van der Waals surface area contributed by atoms with Crippen molar-refractivity contribution in [1.29, 1.82) is 0 Å². The summed E-state index contributed by atoms with van der Waals surface area (Å²) in [7, 11) is 1.84. The molecule has 0 aliphatic carbocycles. The largest absolute Gasteiger partial charge is 0.381 e. The highest BCUT2D eigenvalue weighted by molar-refractivity contribution is 6.42. The molecule has 180 valence electrons. The molecule has 10 heteroatoms. The number of hydrogen-bond acceptors (Lipinski definition) is 6. The molecule has 0 radical (unpaired) electrons. The number of aromatic nitrogens is 5. The van der Waals surface area contributed by atoms with Gasteiger partial charge in [-0.3, -0.25) is 9.48 Å². The fourth-order valence-corrected chi connectivity index (χ4v) is 4.56. The van der Waals surface area contributed by atoms with Crippen molar-refractivity contribution < 1.29 is 4.74 Å². The van der Waals surface area contributed by atoms with Gasteiger partial charge in [-0.25, -0.2) is 9.97 Å². The van der Waals surface area contributed by atoms with E-state index < -0.39 is 6.04 Å². The third-order valence-corrected chi connectivity index (χ3v) is 6.77. The second-order valence-corrected chi connectivity index (χ2v) is 9.30. The summed E-state index contributed by atoms with van der Waals surface area (Å²) in [6, 6.07) is 10.5. The molecule has 0 amide bonds. The fraction of sp³-hybridized carbons (Fsp3) is 0.280. The van der Waals surface area contributed by atoms with Crippen LogP contribution in [0.15, 0.2) is 66.0 Å². The van der Waals surface area contributed by atoms with Gasteiger partial charge in [0.25, 0.3) is 5.56 Å². The van der Waals surface area contributed by atoms with E-state index in [9.17, 15) is 4.79 Å². The lowest BCUT2D eigenvalue weighted by molar-refractivity contribution is 0.0903. The van der Waals surface area contributed by atoms with Crippen molar-refractivity contribution in [1.82, 2.24) is 24.3 Å². The molecule has 1 unspecified atom stereocenters. The van der Waals surface area contributed by atoms with Gasteiger partial charge in [0.1, 0.15) is 0 Å². The van der Waals surface area contributed by atoms with Crippen LogP contribution in [0.1, 0.15) is 30.0 Å². The second-order valence-electron chi connectivity index (χ2n) is 8.48. The van der Waals surface area contributed by atoms with Gasteiger partial charge in [0.15, 0.2) is 0 Å². The molecule has 1 aliphatic rings. The van der Waals surface area contributed by atoms with E-state index in [1.54, 1.807) is 52.1 Å². The lowest BCUT2D eigenvalue weighted by Gasteiger charge is -2.23. The summed E-state index contributed by atoms with van der Waals surface area (Å²) in [5.74, 6) is 0.544. The molecular weight excluding hydrogens is 487 g/mol. The number of nitrogens with one attached hydrogen (secondary N) is 1. The van der Waals surface area contributed by atoms with E-state index >= 15 is 0 Å². The molecule has 1 aliphatic heterocycles. The minimum absolute atomic E-state index is 0.181. The van der Waals surface area contributed by atoms with Gasteiger partial charge in [-0.05, 0) is 42.7 Å². The van der Waals surface area contributed by atoms with E-state index in [4.69, 9.17) is 27.9 Å². The van der Waals surface area contributed by atoms with Crippen LogP contribution in [-0.4, -0.2) is 43.6 Å². The van der Waals surface area contributed by atoms with Gasteiger partial charge in [-0.2, -0.15) is 5.10 Å². The fourth-order valence-electron chi connectivity index (χ4n) is 4.25. The Morgan fingerprint density at radius 2 is 1.91 bits per heavy atom. The summed E-state index contributed by atoms with van der Waals surface area (Å²) in [6.07, 6.45) is 8.91. The number of anilines is 1. The average molecular weight is 511 g/mol. The van der Waals surface area contributed by atoms with E-state index in [0.717, 1.165) is 37.2 Å². The number of halogens is 2. The highest BCUT2D eigenvalue weighted by Gasteiger charge is 2.21. The Bertz CT molecular complexity index is 1400. The Morgan fingerprint density at radius 3 is 2.63 bits per heavy atom. The predicted molar refractivity (Wildman–Crippen MR) is 136 cm³/mol. The summed E-state index contributed by atoms with van der Waals surface area (Å²) in [6.45, 7) is 1.46. The number of nitrogens with zero attached hydrogens (tertiary/aromatic N) is 5. The van der Waals surface area contributed by atoms with Crippen LogP contribution in [0.2, 0.25) is 10.0 Å². The molecule has 35 heavy (non-hydrogen) atoms. The van der Waals surface area contributed by atoms with E-state index in [2.05, 4.69) is 20.4 Å². The number of ether oxygens (including phenoxy) is 1. The maximum atomic E-state index is 13.4. The monoisotopic (exact) mass is 510 g/mol. The van der Waals surface area contributed by atoms with Gasteiger partial charge in [0, 0.05) is 62.1 Å². The van der Waals surface area contributed by atoms with Crippen molar-refractivity contribution >= 4 is 29.2 Å². The Hall–Kier alpha value is -3.20. The first-order valence-corrected chi connectivity index (χ1v) is 12.1. The topological polar surface area (TPSA) is 86.9 Å². The third-order valence-electron chi connectivity index (χ3n) is 6.03. The lowest BCUT2D eigenvalue weighted by atomic mass is 10.0. The minimum Gasteiger partial charge on any atom is -0.381 e. The SMILES string of the molecule is Cn1cc(C(c2ccc(Cl)c(Cl)c2)n2ccc(-c3ccnc(NC4CCOCC4)n3)cc2=O)cn1. The first-order valence-electron chi connectivity index (χ1n) is 11.3. The smallest absolute Gasteiger partial charge is 0.252 e. The number of aryl methyl sites for hydroxylation is 1. The van der Waals surface area contributed by atoms with E-state index in [1.807, 2.05) is 25.4 Å². The molecule has 0 bridgehead atoms. The molecule has 1 atom stereocenters. The molecule has 3 aromatic heterocycles. The summed E-state index contributed by atoms with van der Waals surface area (Å²) < 4.78 is 8.77. The first-order chi connectivity index (χ1) is 17.0. The Morgan fingerprint density at radius 1 is 1.09 bits per heavy atom. The standard InChI is InChI=1S/C25H24Cl2N6O2/c1-32-15-18(14-29-32)24(17-2-3-20(26)21(27)12-17)33-9-5-16(13-23(33)34)22-4-8-28-25(31-22)30-19-6-10-35-11-7-19/h2-5,8-9,12-15,19,24H,6-7,10-11H2,1H3,(H,28,30,31). The summed E-state index contributed by atoms with van der Waals surface area (Å²) in [4.78, 5) is 22.3. The van der Waals surface area contributed by atoms with Crippen molar-refractivity contribution in [3.63, 3.8) is 0 Å². The summed E-state index contributed by atoms with van der Waals surface area (Å²) in [5.41, 5.74) is 2.88. The molecule has 4 heterocycles. The number of benzene rings is 1. The van der Waals surface area contributed by atoms with Gasteiger partial charge in [-0.1, -0.05) is 29.3 Å². The summed E-state index contributed by atoms with van der Waals surface area (Å²) >= 11 is 12.4. The average Bonchev–Trinajstić information content (AvgIpc) is 3.29. The number of hydrogen-bond donors (Lipinski definition) is 1. The maximum Gasteiger partial charge on any atom is 0.252 e. The van der Waals surface area contributed by atoms with Crippen molar-refractivity contribution in [2.45, 2.75) is 24.9 Å². The van der Waals surface area contributed by atoms with Crippen molar-refractivity contribution in [3.05, 3.63) is 92.7 Å². The Balaban J connectivity index is 1.48. The quantitative estimate of drug-likeness (QED) is 0.408. The van der Waals surface area contributed by atoms with Crippen LogP contribution in [0.5, 0.6) is 0 Å². The number of rotatable bonds is 6. The number of pyridine rings is 1. The van der Waals surface area contributed by atoms with Crippen molar-refractivity contribution in [2.75, 3.05) is 18.5 Å². The molecular formula is C25H24Cl2N6O2. The van der Waals surface area contributed by atoms with Gasteiger partial charge in [0.05, 0.1) is 28.0 Å². The molecule has 1 saturated heterocycles. The van der Waals surface area contributed by atoms with Crippen LogP contribution in [0.25, 0.3) is 11.3 Å². The molecule has 0 spiro atoms. The molecule has 1 N–H and O–H groups in total. The maximum absolute atomic E-state index is 13.4. The zero-order valence-electron chi connectivity index (χ0n) is 19.1. The van der Waals surface area contributed by atoms with E-state index in [1.165, 1.54) is 0 Å². The van der Waals surface area contributed by atoms with Gasteiger partial charge in [0.2, 0.25) is 5.95 Å². The van der Waals surface area contributed by atoms with Crippen LogP contribution >= 0.6 is 23.2 Å². The lowest BCUT2D eigenvalue weighted by Crippen LogP contribution is -2.28. The predicted octanol–water partition coefficient (Wildman–Crippen LogP) is 4.57. The Kier molecular flexibility index (Phi) is 6.86. The Labute approximate surface area is 212 Å². The summed E-state index contributed by atoms with van der Waals surface area (Å²) in [5, 5.41) is 8.54. The van der Waals surface area contributed by atoms with Gasteiger partial charge < -0.3 is 14.6 Å². The van der Waals surface area contributed by atoms with Gasteiger partial charge >= 0.3 is 0 Å². The molecule has 8 nitrogen and oxygen atoms in total. The van der Waals surface area contributed by atoms with Crippen LogP contribution in [-0.2, 0) is 11.8 Å². The first kappa shape index (κ1) is 23.5. The molecule has 1 aromatic carbocycles. The van der Waals surface area contributed by atoms with Crippen LogP contribution in [0, 0.1) is 0 Å². The molecule has 0 saturated carbocycles. The van der Waals surface area contributed by atoms with Crippen molar-refractivity contribution in [3.8, 4) is 11.3 Å². The second kappa shape index (κ2) is 10.2. The molecule has 5 rings (SSSR count). The van der Waals surface area contributed by atoms with E-state index in [-0.39, 0.29) is 11.6 Å². The zero-order chi connectivity index (χ0) is 24.4. The van der Waals surface area contributed by atoms with Crippen LogP contribution < -0.4 is 10.9 Å². The third kappa shape index (κ3) is 5.24. The highest BCUT2D eigenvalue weighted by Crippen LogP contribution is 2.31. The minimum atomic E-state index is -0.420. The van der Waals surface area contributed by atoms with Crippen molar-refractivity contribution in [2.24, 2.45) is 7.05 Å². The molecule has 4 aromatic rings. The molecule has 1 fully saturated rings. The van der Waals surface area contributed by atoms with Crippen LogP contribution in [0.3, 0.4) is 0 Å². The van der Waals surface area contributed by atoms with E-state index in [0.29, 0.717) is 27.3 Å². The zero-order valence-corrected chi connectivity index (χ0v) is 20.6. The normalized spacial score (nSPS) is 15.2. The van der Waals surface area contributed by atoms with Crippen LogP contribution in [0.4, 0.5) is 5.95 Å².